The fourth-order valence-corrected chi connectivity index (χ4v) is 2.77. The normalized spacial score (nSPS) is 13.8. The number of halogens is 2. The van der Waals surface area contributed by atoms with E-state index in [9.17, 15) is 4.79 Å². The Morgan fingerprint density at radius 1 is 1.07 bits per heavy atom. The molecule has 0 saturated carbocycles. The van der Waals surface area contributed by atoms with Gasteiger partial charge in [-0.25, -0.2) is 6.23 Å². The molecule has 0 saturated heterocycles. The number of amides is 1. The van der Waals surface area contributed by atoms with Gasteiger partial charge < -0.3 is 14.8 Å². The Morgan fingerprint density at radius 2 is 1.63 bits per heavy atom. The monoisotopic (exact) mass is 629 g/mol. The molecule has 0 aliphatic carbocycles. The maximum atomic E-state index is 11.7. The van der Waals surface area contributed by atoms with Crippen LogP contribution in [0.3, 0.4) is 0 Å². The molecular weight excluding hydrogens is 591 g/mol. The summed E-state index contributed by atoms with van der Waals surface area (Å²) in [4.78, 5) is 11.7. The van der Waals surface area contributed by atoms with Crippen molar-refractivity contribution in [3.8, 4) is 0 Å². The lowest BCUT2D eigenvalue weighted by molar-refractivity contribution is -0.124. The quantitative estimate of drug-likeness (QED) is 0.130. The third kappa shape index (κ3) is 13.9. The van der Waals surface area contributed by atoms with E-state index in [1.807, 2.05) is 13.8 Å². The summed E-state index contributed by atoms with van der Waals surface area (Å²) in [5, 5.41) is 2.97. The lowest BCUT2D eigenvalue weighted by Gasteiger charge is -2.32. The molecule has 0 aliphatic rings. The smallest absolute Gasteiger partial charge is 0.222 e. The van der Waals surface area contributed by atoms with Gasteiger partial charge in [0.25, 0.3) is 0 Å². The van der Waals surface area contributed by atoms with Crippen molar-refractivity contribution in [3.63, 3.8) is 0 Å². The topological polar surface area (TPSA) is 54.0 Å². The van der Waals surface area contributed by atoms with E-state index >= 15 is 0 Å². The van der Waals surface area contributed by atoms with Crippen molar-refractivity contribution in [3.05, 3.63) is 0 Å². The number of nitrogens with zero attached hydrogens (tertiary/aromatic N) is 2. The Hall–Kier alpha value is 1.20. The number of hydrogen-bond donors (Lipinski definition) is 1. The van der Waals surface area contributed by atoms with Crippen LogP contribution in [0.25, 0.3) is 0 Å². The molecule has 0 radical (unpaired) electrons. The van der Waals surface area contributed by atoms with Gasteiger partial charge in [-0.05, 0) is 27.7 Å². The summed E-state index contributed by atoms with van der Waals surface area (Å²) >= 11 is 4.66. The Morgan fingerprint density at radius 3 is 2.19 bits per heavy atom. The van der Waals surface area contributed by atoms with Crippen LogP contribution in [0.1, 0.15) is 41.5 Å². The van der Waals surface area contributed by atoms with Gasteiger partial charge in [-0.1, -0.05) is 13.8 Å². The van der Waals surface area contributed by atoms with Crippen molar-refractivity contribution in [2.24, 2.45) is 5.92 Å². The van der Waals surface area contributed by atoms with Crippen LogP contribution < -0.4 is 5.32 Å². The van der Waals surface area contributed by atoms with Crippen LogP contribution in [-0.2, 0) is 14.3 Å². The molecule has 0 heterocycles. The summed E-state index contributed by atoms with van der Waals surface area (Å²) in [5.41, 5.74) is -0.160. The first kappa shape index (κ1) is 28.2. The van der Waals surface area contributed by atoms with E-state index < -0.39 is 0 Å². The SMILES string of the molecule is CC(C)C(=O)NCC(P)C(C)(C)OCCN(I)CCOCCN(I)C(C)C. The molecule has 2 atom stereocenters. The Balaban J connectivity index is 3.90. The molecule has 2 unspecified atom stereocenters. The van der Waals surface area contributed by atoms with Gasteiger partial charge in [0.2, 0.25) is 5.91 Å². The number of rotatable bonds is 15. The van der Waals surface area contributed by atoms with Gasteiger partial charge in [-0.15, -0.1) is 9.24 Å². The van der Waals surface area contributed by atoms with Crippen LogP contribution in [0, 0.1) is 5.92 Å². The minimum absolute atomic E-state index is 0.00588. The largest absolute Gasteiger partial charge is 0.379 e. The first-order valence-electron chi connectivity index (χ1n) is 9.55. The summed E-state index contributed by atoms with van der Waals surface area (Å²) in [6.45, 7) is 17.7. The van der Waals surface area contributed by atoms with Gasteiger partial charge in [0.05, 0.1) is 25.4 Å². The fraction of sp³-hybridized carbons (Fsp3) is 0.944. The molecular formula is C18H38I2N3O3P. The number of nitrogens with one attached hydrogen (secondary N) is 1. The van der Waals surface area contributed by atoms with Crippen molar-refractivity contribution in [1.82, 2.24) is 11.5 Å². The second-order valence-electron chi connectivity index (χ2n) is 7.70. The van der Waals surface area contributed by atoms with Crippen LogP contribution in [0.5, 0.6) is 0 Å². The number of ether oxygens (including phenoxy) is 2. The minimum atomic E-state index is -0.316. The molecule has 0 bridgehead atoms. The van der Waals surface area contributed by atoms with Gasteiger partial charge in [0, 0.05) is 89.5 Å². The molecule has 6 nitrogen and oxygen atoms in total. The number of carbonyl (C=O) groups is 1. The van der Waals surface area contributed by atoms with Crippen molar-refractivity contribution in [2.45, 2.75) is 58.8 Å². The van der Waals surface area contributed by atoms with E-state index in [-0.39, 0.29) is 23.1 Å². The minimum Gasteiger partial charge on any atom is -0.379 e. The lowest BCUT2D eigenvalue weighted by atomic mass is 10.0. The molecule has 0 aromatic rings. The number of carbonyl (C=O) groups excluding carboxylic acids is 1. The summed E-state index contributed by atoms with van der Waals surface area (Å²) in [6.07, 6.45) is 0. The van der Waals surface area contributed by atoms with E-state index in [1.54, 1.807) is 0 Å². The molecule has 0 rings (SSSR count). The van der Waals surface area contributed by atoms with E-state index in [0.717, 1.165) is 32.8 Å². The first-order chi connectivity index (χ1) is 12.5. The van der Waals surface area contributed by atoms with Gasteiger partial charge in [0.1, 0.15) is 0 Å². The zero-order valence-corrected chi connectivity index (χ0v) is 23.1. The Labute approximate surface area is 196 Å². The maximum absolute atomic E-state index is 11.7. The number of hydrogen-bond acceptors (Lipinski definition) is 5. The van der Waals surface area contributed by atoms with Crippen LogP contribution >= 0.6 is 55.0 Å². The molecule has 1 N–H and O–H groups in total. The third-order valence-corrected chi connectivity index (χ3v) is 7.81. The highest BCUT2D eigenvalue weighted by molar-refractivity contribution is 14.1. The summed E-state index contributed by atoms with van der Waals surface area (Å²) in [7, 11) is 2.80. The van der Waals surface area contributed by atoms with Crippen LogP contribution in [0.4, 0.5) is 0 Å². The highest BCUT2D eigenvalue weighted by atomic mass is 127. The van der Waals surface area contributed by atoms with Crippen molar-refractivity contribution < 1.29 is 14.3 Å². The second kappa shape index (κ2) is 15.1. The highest BCUT2D eigenvalue weighted by Crippen LogP contribution is 2.22. The summed E-state index contributed by atoms with van der Waals surface area (Å²) in [5.74, 6) is 0.0853. The molecule has 0 aromatic heterocycles. The molecule has 0 spiro atoms. The zero-order valence-electron chi connectivity index (χ0n) is 17.6. The predicted molar refractivity (Wildman–Crippen MR) is 134 cm³/mol. The summed E-state index contributed by atoms with van der Waals surface area (Å²) in [6, 6.07) is 0.537. The highest BCUT2D eigenvalue weighted by Gasteiger charge is 2.27. The lowest BCUT2D eigenvalue weighted by Crippen LogP contribution is -2.44. The third-order valence-electron chi connectivity index (χ3n) is 4.21. The maximum Gasteiger partial charge on any atom is 0.222 e. The predicted octanol–water partition coefficient (Wildman–Crippen LogP) is 3.53. The average molecular weight is 629 g/mol. The van der Waals surface area contributed by atoms with E-state index in [2.05, 4.69) is 94.2 Å². The molecule has 9 heteroatoms. The molecule has 162 valence electrons. The van der Waals surface area contributed by atoms with Crippen LogP contribution in [0.15, 0.2) is 0 Å². The van der Waals surface area contributed by atoms with E-state index in [1.165, 1.54) is 0 Å². The van der Waals surface area contributed by atoms with Crippen LogP contribution in [-0.4, -0.2) is 75.4 Å². The van der Waals surface area contributed by atoms with Crippen molar-refractivity contribution in [1.29, 1.82) is 0 Å². The van der Waals surface area contributed by atoms with Gasteiger partial charge in [-0.2, -0.15) is 0 Å². The second-order valence-corrected chi connectivity index (χ2v) is 11.1. The van der Waals surface area contributed by atoms with E-state index in [0.29, 0.717) is 19.2 Å². The van der Waals surface area contributed by atoms with Gasteiger partial charge >= 0.3 is 0 Å². The van der Waals surface area contributed by atoms with Crippen LogP contribution in [0.2, 0.25) is 0 Å². The first-order valence-corrected chi connectivity index (χ1v) is 12.1. The Kier molecular flexibility index (Phi) is 15.7. The van der Waals surface area contributed by atoms with Crippen molar-refractivity contribution in [2.75, 3.05) is 46.0 Å². The zero-order chi connectivity index (χ0) is 21.0. The molecule has 0 fully saturated rings. The molecule has 1 amide bonds. The van der Waals surface area contributed by atoms with E-state index in [4.69, 9.17) is 9.47 Å². The molecule has 0 aromatic carbocycles. The van der Waals surface area contributed by atoms with Crippen molar-refractivity contribution >= 4 is 60.9 Å². The standard InChI is InChI=1S/C18H38I2N3O3P/c1-14(2)17(24)21-13-16(27)18(5,6)26-12-8-22(19)7-10-25-11-9-23(20)15(3)4/h14-16H,7-13,27H2,1-6H3,(H,21,24). The van der Waals surface area contributed by atoms with Gasteiger partial charge in [-0.3, -0.25) is 4.79 Å². The fourth-order valence-electron chi connectivity index (χ4n) is 1.96. The Bertz CT molecular complexity index is 415. The van der Waals surface area contributed by atoms with Gasteiger partial charge in [0.15, 0.2) is 0 Å². The average Bonchev–Trinajstić information content (AvgIpc) is 2.58. The molecule has 0 aliphatic heterocycles. The summed E-state index contributed by atoms with van der Waals surface area (Å²) < 4.78 is 16.2. The molecule has 27 heavy (non-hydrogen) atoms.